The average molecular weight is 464 g/mol. The van der Waals surface area contributed by atoms with Crippen molar-refractivity contribution in [2.24, 2.45) is 0 Å². The molecule has 0 saturated heterocycles. The van der Waals surface area contributed by atoms with Crippen molar-refractivity contribution in [3.8, 4) is 0 Å². The maximum absolute atomic E-state index is 13.3. The highest BCUT2D eigenvalue weighted by Gasteiger charge is 2.34. The Balaban J connectivity index is 1.46. The molecule has 1 amide bonds. The third kappa shape index (κ3) is 3.72. The normalized spacial score (nSPS) is 16.2. The molecule has 2 N–H and O–H groups in total. The molecule has 0 unspecified atom stereocenters. The molecule has 1 aliphatic rings. The number of H-pyrrole nitrogens is 1. The van der Waals surface area contributed by atoms with Gasteiger partial charge in [-0.25, -0.2) is 13.4 Å². The third-order valence-corrected chi connectivity index (χ3v) is 8.06. The molecule has 6 nitrogen and oxygen atoms in total. The first-order valence-corrected chi connectivity index (χ1v) is 12.7. The summed E-state index contributed by atoms with van der Waals surface area (Å²) in [6.45, 7) is 2.00. The molecule has 1 aliphatic heterocycles. The van der Waals surface area contributed by atoms with Crippen molar-refractivity contribution in [2.45, 2.75) is 17.9 Å². The van der Waals surface area contributed by atoms with Gasteiger partial charge in [0.25, 0.3) is 5.91 Å². The van der Waals surface area contributed by atoms with Crippen molar-refractivity contribution in [1.29, 1.82) is 0 Å². The number of carbonyl (C=O) groups is 1. The summed E-state index contributed by atoms with van der Waals surface area (Å²) in [5.74, 6) is -1.14. The topological polar surface area (TPSA) is 82.3 Å². The Morgan fingerprint density at radius 2 is 1.84 bits per heavy atom. The van der Waals surface area contributed by atoms with Crippen molar-refractivity contribution >= 4 is 43.7 Å². The number of nitrogens with one attached hydrogen (secondary N) is 2. The summed E-state index contributed by atoms with van der Waals surface area (Å²) in [7, 11) is -3.85. The van der Waals surface area contributed by atoms with Gasteiger partial charge in [0, 0.05) is 17.1 Å². The highest BCUT2D eigenvalue weighted by molar-refractivity contribution is 7.92. The van der Waals surface area contributed by atoms with Crippen LogP contribution in [0.4, 0.5) is 0 Å². The molecule has 2 aromatic carbocycles. The van der Waals surface area contributed by atoms with Gasteiger partial charge in [0.2, 0.25) is 0 Å². The van der Waals surface area contributed by atoms with E-state index in [1.165, 1.54) is 11.2 Å². The smallest absolute Gasteiger partial charge is 0.257 e. The number of sulfone groups is 1. The fourth-order valence-electron chi connectivity index (χ4n) is 3.88. The van der Waals surface area contributed by atoms with Gasteiger partial charge in [-0.3, -0.25) is 10.2 Å². The fraction of sp³-hybridized carbons (Fsp3) is 0.125. The number of aromatic nitrogens is 1. The van der Waals surface area contributed by atoms with Gasteiger partial charge in [-0.2, -0.15) is 0 Å². The van der Waals surface area contributed by atoms with Crippen LogP contribution in [0.3, 0.4) is 0 Å². The second-order valence-electron chi connectivity index (χ2n) is 7.75. The van der Waals surface area contributed by atoms with Crippen LogP contribution in [-0.2, 0) is 14.6 Å². The Morgan fingerprint density at radius 1 is 1.06 bits per heavy atom. The van der Waals surface area contributed by atoms with Crippen molar-refractivity contribution < 1.29 is 13.2 Å². The van der Waals surface area contributed by atoms with Crippen LogP contribution in [-0.4, -0.2) is 30.1 Å². The molecule has 162 valence electrons. The Labute approximate surface area is 190 Å². The van der Waals surface area contributed by atoms with Gasteiger partial charge in [0.1, 0.15) is 5.75 Å². The van der Waals surface area contributed by atoms with Crippen LogP contribution in [0.5, 0.6) is 0 Å². The van der Waals surface area contributed by atoms with Gasteiger partial charge in [0.15, 0.2) is 9.84 Å². The number of rotatable bonds is 5. The zero-order valence-corrected chi connectivity index (χ0v) is 18.9. The van der Waals surface area contributed by atoms with Crippen LogP contribution in [0.15, 0.2) is 83.2 Å². The van der Waals surface area contributed by atoms with Crippen LogP contribution in [0.2, 0.25) is 0 Å². The lowest BCUT2D eigenvalue weighted by atomic mass is 10.0. The first-order valence-electron chi connectivity index (χ1n) is 10.1. The van der Waals surface area contributed by atoms with Gasteiger partial charge in [-0.1, -0.05) is 54.1 Å². The molecule has 0 aliphatic carbocycles. The van der Waals surface area contributed by atoms with Gasteiger partial charge in [0.05, 0.1) is 21.5 Å². The lowest BCUT2D eigenvalue weighted by Crippen LogP contribution is -2.42. The Bertz CT molecular complexity index is 1420. The molecule has 0 saturated carbocycles. The van der Waals surface area contributed by atoms with E-state index in [-0.39, 0.29) is 4.90 Å². The maximum Gasteiger partial charge on any atom is 0.257 e. The minimum atomic E-state index is -3.85. The minimum absolute atomic E-state index is 0.138. The van der Waals surface area contributed by atoms with Gasteiger partial charge >= 0.3 is 0 Å². The SMILES string of the molecule is Cc1ccc([C@@H]2C=C(c3cccs3)NN2C(=O)CS(=O)(=O)c2c[nH]c3ccccc23)cc1. The second kappa shape index (κ2) is 7.96. The highest BCUT2D eigenvalue weighted by atomic mass is 32.2. The highest BCUT2D eigenvalue weighted by Crippen LogP contribution is 2.33. The van der Waals surface area contributed by atoms with Gasteiger partial charge in [-0.05, 0) is 36.1 Å². The van der Waals surface area contributed by atoms with Crippen LogP contribution in [0.25, 0.3) is 16.6 Å². The predicted molar refractivity (Wildman–Crippen MR) is 127 cm³/mol. The van der Waals surface area contributed by atoms with E-state index < -0.39 is 27.5 Å². The summed E-state index contributed by atoms with van der Waals surface area (Å²) < 4.78 is 26.3. The molecule has 0 fully saturated rings. The number of aryl methyl sites for hydroxylation is 1. The summed E-state index contributed by atoms with van der Waals surface area (Å²) >= 11 is 1.56. The quantitative estimate of drug-likeness (QED) is 0.458. The lowest BCUT2D eigenvalue weighted by molar-refractivity contribution is -0.131. The average Bonchev–Trinajstić information content (AvgIpc) is 3.52. The number of carbonyl (C=O) groups excluding carboxylic acids is 1. The number of nitrogens with zero attached hydrogens (tertiary/aromatic N) is 1. The molecular weight excluding hydrogens is 442 g/mol. The van der Waals surface area contributed by atoms with E-state index in [0.717, 1.165) is 27.2 Å². The second-order valence-corrected chi connectivity index (χ2v) is 10.7. The Hall–Kier alpha value is -3.36. The molecule has 0 spiro atoms. The number of hydrogen-bond acceptors (Lipinski definition) is 5. The number of aromatic amines is 1. The standard InChI is InChI=1S/C24H21N3O3S2/c1-16-8-10-17(11-9-16)21-13-20(22-7-4-12-31-22)26-27(21)24(28)15-32(29,30)23-14-25-19-6-3-2-5-18(19)23/h2-14,21,25-26H,15H2,1H3/t21-/m0/s1. The molecule has 5 rings (SSSR count). The summed E-state index contributed by atoms with van der Waals surface area (Å²) in [5, 5.41) is 3.97. The van der Waals surface area contributed by atoms with E-state index in [2.05, 4.69) is 10.4 Å². The first kappa shape index (κ1) is 20.5. The fourth-order valence-corrected chi connectivity index (χ4v) is 5.95. The summed E-state index contributed by atoms with van der Waals surface area (Å²) in [6.07, 6.45) is 3.42. The van der Waals surface area contributed by atoms with Crippen molar-refractivity contribution in [3.05, 3.63) is 94.3 Å². The largest absolute Gasteiger partial charge is 0.360 e. The number of hydrogen-bond donors (Lipinski definition) is 2. The molecule has 2 aromatic heterocycles. The molecule has 0 bridgehead atoms. The lowest BCUT2D eigenvalue weighted by Gasteiger charge is -2.25. The third-order valence-electron chi connectivity index (χ3n) is 5.52. The molecular formula is C24H21N3O3S2. The number of hydrazine groups is 1. The summed E-state index contributed by atoms with van der Waals surface area (Å²) in [6, 6.07) is 18.6. The van der Waals surface area contributed by atoms with Crippen LogP contribution >= 0.6 is 11.3 Å². The van der Waals surface area contributed by atoms with Crippen molar-refractivity contribution in [2.75, 3.05) is 5.75 Å². The van der Waals surface area contributed by atoms with E-state index in [0.29, 0.717) is 5.39 Å². The Kier molecular flexibility index (Phi) is 5.11. The van der Waals surface area contributed by atoms with E-state index in [4.69, 9.17) is 0 Å². The number of benzene rings is 2. The number of amides is 1. The van der Waals surface area contributed by atoms with E-state index in [1.54, 1.807) is 23.5 Å². The number of fused-ring (bicyclic) bond motifs is 1. The Morgan fingerprint density at radius 3 is 2.59 bits per heavy atom. The van der Waals surface area contributed by atoms with E-state index >= 15 is 0 Å². The van der Waals surface area contributed by atoms with E-state index in [9.17, 15) is 13.2 Å². The zero-order chi connectivity index (χ0) is 22.3. The van der Waals surface area contributed by atoms with Crippen LogP contribution in [0.1, 0.15) is 22.0 Å². The van der Waals surface area contributed by atoms with Gasteiger partial charge in [-0.15, -0.1) is 11.3 Å². The molecule has 4 aromatic rings. The maximum atomic E-state index is 13.3. The van der Waals surface area contributed by atoms with Gasteiger partial charge < -0.3 is 4.98 Å². The molecule has 3 heterocycles. The zero-order valence-electron chi connectivity index (χ0n) is 17.3. The van der Waals surface area contributed by atoms with Crippen molar-refractivity contribution in [1.82, 2.24) is 15.4 Å². The van der Waals surface area contributed by atoms with E-state index in [1.807, 2.05) is 66.9 Å². The predicted octanol–water partition coefficient (Wildman–Crippen LogP) is 4.44. The van der Waals surface area contributed by atoms with Crippen LogP contribution < -0.4 is 5.43 Å². The number of thiophene rings is 1. The van der Waals surface area contributed by atoms with Crippen molar-refractivity contribution in [3.63, 3.8) is 0 Å². The van der Waals surface area contributed by atoms with Crippen LogP contribution in [0, 0.1) is 6.92 Å². The molecule has 32 heavy (non-hydrogen) atoms. The molecule has 8 heteroatoms. The molecule has 0 radical (unpaired) electrons. The first-order chi connectivity index (χ1) is 15.4. The summed E-state index contributed by atoms with van der Waals surface area (Å²) in [4.78, 5) is 17.4. The monoisotopic (exact) mass is 463 g/mol. The number of para-hydroxylation sites is 1. The summed E-state index contributed by atoms with van der Waals surface area (Å²) in [5.41, 5.74) is 6.68. The minimum Gasteiger partial charge on any atom is -0.360 e. The molecule has 1 atom stereocenters.